The molecule has 1 N–H and O–H groups in total. The Kier molecular flexibility index (Phi) is 3.07. The summed E-state index contributed by atoms with van der Waals surface area (Å²) >= 11 is 11.1. The molecule has 0 radical (unpaired) electrons. The second-order valence-electron chi connectivity index (χ2n) is 4.12. The predicted octanol–water partition coefficient (Wildman–Crippen LogP) is 4.76. The molecule has 2 nitrogen and oxygen atoms in total. The summed E-state index contributed by atoms with van der Waals surface area (Å²) in [5, 5.41) is 0.371. The van der Waals surface area contributed by atoms with Crippen molar-refractivity contribution in [2.75, 3.05) is 0 Å². The normalized spacial score (nSPS) is 11.2. The number of benzene rings is 2. The number of hydrogen-bond acceptors (Lipinski definition) is 1. The molecule has 0 aliphatic heterocycles. The summed E-state index contributed by atoms with van der Waals surface area (Å²) in [5.41, 5.74) is 0.430. The zero-order valence-electron chi connectivity index (χ0n) is 9.75. The van der Waals surface area contributed by atoms with Gasteiger partial charge in [-0.1, -0.05) is 17.7 Å². The van der Waals surface area contributed by atoms with E-state index in [-0.39, 0.29) is 4.77 Å². The Morgan fingerprint density at radius 1 is 1.10 bits per heavy atom. The average Bonchev–Trinajstić information content (AvgIpc) is 2.67. The first-order valence-electron chi connectivity index (χ1n) is 5.53. The number of halogens is 4. The van der Waals surface area contributed by atoms with Crippen molar-refractivity contribution in [2.24, 2.45) is 0 Å². The summed E-state index contributed by atoms with van der Waals surface area (Å²) in [4.78, 5) is 2.78. The summed E-state index contributed by atoms with van der Waals surface area (Å²) in [6.07, 6.45) is 0. The highest BCUT2D eigenvalue weighted by molar-refractivity contribution is 7.71. The molecule has 2 aromatic carbocycles. The first-order valence-corrected chi connectivity index (χ1v) is 6.32. The lowest BCUT2D eigenvalue weighted by Gasteiger charge is -2.07. The van der Waals surface area contributed by atoms with Gasteiger partial charge in [0.15, 0.2) is 16.4 Å². The Bertz CT molecular complexity index is 862. The van der Waals surface area contributed by atoms with Crippen LogP contribution < -0.4 is 0 Å². The Hall–Kier alpha value is -1.79. The molecular weight excluding hydrogens is 309 g/mol. The Balaban J connectivity index is 2.45. The lowest BCUT2D eigenvalue weighted by molar-refractivity contribution is 0.535. The summed E-state index contributed by atoms with van der Waals surface area (Å²) in [6, 6.07) is 6.06. The highest BCUT2D eigenvalue weighted by atomic mass is 35.5. The van der Waals surface area contributed by atoms with Gasteiger partial charge < -0.3 is 4.98 Å². The van der Waals surface area contributed by atoms with Crippen LogP contribution in [0.2, 0.25) is 5.02 Å². The standard InChI is InChI=1S/C13H6ClF3N2S/c14-7-2-1-3-10-11(7)18-13(20)19(10)12-8(16)4-6(15)5-9(12)17/h1-5H,(H,18,20). The van der Waals surface area contributed by atoms with E-state index in [0.717, 1.165) is 4.57 Å². The first kappa shape index (κ1) is 13.2. The maximum Gasteiger partial charge on any atom is 0.182 e. The third-order valence-electron chi connectivity index (χ3n) is 2.87. The van der Waals surface area contributed by atoms with Crippen molar-refractivity contribution in [3.05, 3.63) is 57.6 Å². The van der Waals surface area contributed by atoms with Gasteiger partial charge in [-0.25, -0.2) is 13.2 Å². The molecule has 0 saturated carbocycles. The van der Waals surface area contributed by atoms with Gasteiger partial charge in [0.2, 0.25) is 0 Å². The minimum Gasteiger partial charge on any atom is -0.329 e. The van der Waals surface area contributed by atoms with E-state index in [0.29, 0.717) is 28.2 Å². The van der Waals surface area contributed by atoms with Crippen LogP contribution in [0.15, 0.2) is 30.3 Å². The van der Waals surface area contributed by atoms with Gasteiger partial charge in [-0.05, 0) is 24.4 Å². The van der Waals surface area contributed by atoms with Crippen molar-refractivity contribution >= 4 is 34.9 Å². The molecule has 0 saturated heterocycles. The number of rotatable bonds is 1. The molecular formula is C13H6ClF3N2S. The molecule has 0 spiro atoms. The minimum atomic E-state index is -1.04. The molecule has 0 bridgehead atoms. The number of imidazole rings is 1. The number of hydrogen-bond donors (Lipinski definition) is 1. The van der Waals surface area contributed by atoms with E-state index in [1.54, 1.807) is 18.2 Å². The van der Waals surface area contributed by atoms with Gasteiger partial charge >= 0.3 is 0 Å². The molecule has 1 aromatic heterocycles. The van der Waals surface area contributed by atoms with Gasteiger partial charge in [-0.3, -0.25) is 4.57 Å². The van der Waals surface area contributed by atoms with Crippen molar-refractivity contribution in [1.29, 1.82) is 0 Å². The highest BCUT2D eigenvalue weighted by Gasteiger charge is 2.17. The lowest BCUT2D eigenvalue weighted by Crippen LogP contribution is -2.02. The first-order chi connectivity index (χ1) is 9.49. The molecule has 0 unspecified atom stereocenters. The fourth-order valence-electron chi connectivity index (χ4n) is 2.07. The number of nitrogens with one attached hydrogen (secondary N) is 1. The van der Waals surface area contributed by atoms with Crippen molar-refractivity contribution in [3.63, 3.8) is 0 Å². The smallest absolute Gasteiger partial charge is 0.182 e. The topological polar surface area (TPSA) is 20.7 Å². The van der Waals surface area contributed by atoms with Crippen LogP contribution in [0.5, 0.6) is 0 Å². The van der Waals surface area contributed by atoms with E-state index in [4.69, 9.17) is 23.8 Å². The van der Waals surface area contributed by atoms with Gasteiger partial charge in [-0.2, -0.15) is 0 Å². The lowest BCUT2D eigenvalue weighted by atomic mass is 10.2. The predicted molar refractivity (Wildman–Crippen MR) is 73.3 cm³/mol. The van der Waals surface area contributed by atoms with E-state index in [1.165, 1.54) is 0 Å². The van der Waals surface area contributed by atoms with Crippen LogP contribution in [0.4, 0.5) is 13.2 Å². The molecule has 0 aliphatic rings. The minimum absolute atomic E-state index is 0.0671. The second-order valence-corrected chi connectivity index (χ2v) is 4.91. The zero-order valence-corrected chi connectivity index (χ0v) is 11.3. The van der Waals surface area contributed by atoms with Gasteiger partial charge in [0.05, 0.1) is 16.1 Å². The molecule has 1 heterocycles. The van der Waals surface area contributed by atoms with Crippen molar-refractivity contribution in [2.45, 2.75) is 0 Å². The molecule has 0 aliphatic carbocycles. The fourth-order valence-corrected chi connectivity index (χ4v) is 2.57. The highest BCUT2D eigenvalue weighted by Crippen LogP contribution is 2.28. The van der Waals surface area contributed by atoms with Crippen LogP contribution in [0.3, 0.4) is 0 Å². The maximum atomic E-state index is 13.9. The third kappa shape index (κ3) is 1.92. The zero-order chi connectivity index (χ0) is 14.4. The van der Waals surface area contributed by atoms with Crippen molar-refractivity contribution in [3.8, 4) is 5.69 Å². The number of aromatic nitrogens is 2. The molecule has 3 rings (SSSR count). The summed E-state index contributed by atoms with van der Waals surface area (Å²) in [6.45, 7) is 0. The maximum absolute atomic E-state index is 13.9. The van der Waals surface area contributed by atoms with Gasteiger partial charge in [-0.15, -0.1) is 0 Å². The van der Waals surface area contributed by atoms with Gasteiger partial charge in [0.1, 0.15) is 11.5 Å². The molecule has 3 aromatic rings. The van der Waals surface area contributed by atoms with E-state index >= 15 is 0 Å². The number of fused-ring (bicyclic) bond motifs is 1. The Morgan fingerprint density at radius 2 is 1.75 bits per heavy atom. The SMILES string of the molecule is Fc1cc(F)c(-n2c(=S)[nH]c3c(Cl)cccc32)c(F)c1. The van der Waals surface area contributed by atoms with Gasteiger partial charge in [0.25, 0.3) is 0 Å². The number of H-pyrrole nitrogens is 1. The van der Waals surface area contributed by atoms with E-state index in [2.05, 4.69) is 4.98 Å². The van der Waals surface area contributed by atoms with E-state index < -0.39 is 23.1 Å². The Morgan fingerprint density at radius 3 is 2.40 bits per heavy atom. The number of para-hydroxylation sites is 1. The van der Waals surface area contributed by atoms with Gasteiger partial charge in [0, 0.05) is 12.1 Å². The fraction of sp³-hybridized carbons (Fsp3) is 0. The Labute approximate surface area is 121 Å². The van der Waals surface area contributed by atoms with E-state index in [1.807, 2.05) is 0 Å². The third-order valence-corrected chi connectivity index (χ3v) is 3.47. The van der Waals surface area contributed by atoms with Crippen LogP contribution in [-0.2, 0) is 0 Å². The molecule has 0 atom stereocenters. The summed E-state index contributed by atoms with van der Waals surface area (Å²) in [5.74, 6) is -3.08. The van der Waals surface area contributed by atoms with Crippen molar-refractivity contribution in [1.82, 2.24) is 9.55 Å². The molecule has 0 fully saturated rings. The summed E-state index contributed by atoms with van der Waals surface area (Å²) in [7, 11) is 0. The van der Waals surface area contributed by atoms with Crippen LogP contribution >= 0.6 is 23.8 Å². The van der Waals surface area contributed by atoms with Crippen LogP contribution in [-0.4, -0.2) is 9.55 Å². The summed E-state index contributed by atoms with van der Waals surface area (Å²) < 4.78 is 42.0. The number of aromatic amines is 1. The molecule has 20 heavy (non-hydrogen) atoms. The second kappa shape index (κ2) is 4.64. The van der Waals surface area contributed by atoms with Crippen molar-refractivity contribution < 1.29 is 13.2 Å². The van der Waals surface area contributed by atoms with E-state index in [9.17, 15) is 13.2 Å². The average molecular weight is 315 g/mol. The largest absolute Gasteiger partial charge is 0.329 e. The number of nitrogens with zero attached hydrogens (tertiary/aromatic N) is 1. The molecule has 102 valence electrons. The van der Waals surface area contributed by atoms with Crippen LogP contribution in [0, 0.1) is 22.2 Å². The van der Waals surface area contributed by atoms with Crippen LogP contribution in [0.1, 0.15) is 0 Å². The molecule has 0 amide bonds. The molecule has 7 heteroatoms. The van der Waals surface area contributed by atoms with Crippen LogP contribution in [0.25, 0.3) is 16.7 Å². The monoisotopic (exact) mass is 314 g/mol. The quantitative estimate of drug-likeness (QED) is 0.642.